The first-order valence-corrected chi connectivity index (χ1v) is 6.36. The van der Waals surface area contributed by atoms with Gasteiger partial charge in [0, 0.05) is 5.56 Å². The van der Waals surface area contributed by atoms with Crippen LogP contribution in [0.4, 0.5) is 0 Å². The molecule has 3 heteroatoms. The van der Waals surface area contributed by atoms with Gasteiger partial charge in [-0.2, -0.15) is 5.26 Å². The van der Waals surface area contributed by atoms with Crippen molar-refractivity contribution < 1.29 is 0 Å². The Bertz CT molecular complexity index is 612. The maximum atomic E-state index is 8.96. The molecule has 0 unspecified atom stereocenters. The van der Waals surface area contributed by atoms with Gasteiger partial charge in [-0.1, -0.05) is 48.6 Å². The zero-order chi connectivity index (χ0) is 13.0. The highest BCUT2D eigenvalue weighted by atomic mass is 32.1. The van der Waals surface area contributed by atoms with Crippen LogP contribution in [0.2, 0.25) is 0 Å². The molecular formula is C15H11NS2. The summed E-state index contributed by atoms with van der Waals surface area (Å²) in [6, 6.07) is 17.8. The van der Waals surface area contributed by atoms with Crippen LogP contribution in [0.1, 0.15) is 22.3 Å². The molecular weight excluding hydrogens is 258 g/mol. The van der Waals surface area contributed by atoms with Crippen molar-refractivity contribution in [2.45, 2.75) is 6.42 Å². The molecule has 1 nitrogen and oxygen atoms in total. The van der Waals surface area contributed by atoms with E-state index in [1.165, 1.54) is 5.56 Å². The maximum absolute atomic E-state index is 8.96. The van der Waals surface area contributed by atoms with Crippen LogP contribution in [-0.2, 0) is 6.42 Å². The molecule has 0 N–H and O–H groups in total. The third-order valence-electron chi connectivity index (χ3n) is 2.70. The Kier molecular flexibility index (Phi) is 4.14. The van der Waals surface area contributed by atoms with Crippen molar-refractivity contribution in [2.24, 2.45) is 0 Å². The van der Waals surface area contributed by atoms with Gasteiger partial charge in [0.05, 0.1) is 15.8 Å². The minimum absolute atomic E-state index is 0.561. The van der Waals surface area contributed by atoms with E-state index in [-0.39, 0.29) is 0 Å². The number of hydrogen-bond acceptors (Lipinski definition) is 2. The smallest absolute Gasteiger partial charge is 0.0991 e. The quantitative estimate of drug-likeness (QED) is 0.677. The van der Waals surface area contributed by atoms with Crippen LogP contribution >= 0.6 is 24.8 Å². The first-order chi connectivity index (χ1) is 8.70. The summed E-state index contributed by atoms with van der Waals surface area (Å²) in [5.74, 6) is 0. The second kappa shape index (κ2) is 5.81. The van der Waals surface area contributed by atoms with Crippen LogP contribution in [0.5, 0.6) is 0 Å². The number of thiocarbonyl (C=S) groups is 1. The van der Waals surface area contributed by atoms with E-state index < -0.39 is 0 Å². The summed E-state index contributed by atoms with van der Waals surface area (Å²) in [4.78, 5) is 0. The Morgan fingerprint density at radius 1 is 1.17 bits per heavy atom. The average molecular weight is 269 g/mol. The molecule has 0 aliphatic rings. The summed E-state index contributed by atoms with van der Waals surface area (Å²) in [7, 11) is 0. The van der Waals surface area contributed by atoms with E-state index in [4.69, 9.17) is 17.5 Å². The molecule has 0 saturated carbocycles. The first kappa shape index (κ1) is 12.8. The minimum atomic E-state index is 0.561. The lowest BCUT2D eigenvalue weighted by molar-refractivity contribution is 1.18. The van der Waals surface area contributed by atoms with Gasteiger partial charge in [-0.05, 0) is 29.7 Å². The molecule has 0 aromatic heterocycles. The van der Waals surface area contributed by atoms with Crippen LogP contribution in [0, 0.1) is 11.3 Å². The molecule has 0 aliphatic heterocycles. The Hall–Kier alpha value is -1.63. The maximum Gasteiger partial charge on any atom is 0.0991 e. The van der Waals surface area contributed by atoms with Gasteiger partial charge in [-0.15, -0.1) is 12.6 Å². The summed E-state index contributed by atoms with van der Waals surface area (Å²) in [6.07, 6.45) is 0.756. The van der Waals surface area contributed by atoms with Gasteiger partial charge in [0.25, 0.3) is 0 Å². The van der Waals surface area contributed by atoms with Crippen molar-refractivity contribution in [3.05, 3.63) is 70.8 Å². The van der Waals surface area contributed by atoms with Gasteiger partial charge in [0.2, 0.25) is 0 Å². The Morgan fingerprint density at radius 2 is 1.89 bits per heavy atom. The molecule has 0 radical (unpaired) electrons. The lowest BCUT2D eigenvalue weighted by Crippen LogP contribution is -1.99. The first-order valence-electron chi connectivity index (χ1n) is 5.51. The molecule has 0 bridgehead atoms. The van der Waals surface area contributed by atoms with Crippen molar-refractivity contribution in [3.8, 4) is 6.07 Å². The molecule has 0 spiro atoms. The summed E-state index contributed by atoms with van der Waals surface area (Å²) in [6.45, 7) is 0. The number of nitrogens with zero attached hydrogens (tertiary/aromatic N) is 1. The molecule has 2 aromatic carbocycles. The number of hydrogen-bond donors (Lipinski definition) is 1. The molecule has 0 amide bonds. The van der Waals surface area contributed by atoms with Gasteiger partial charge in [0.1, 0.15) is 0 Å². The number of rotatable bonds is 3. The molecule has 0 saturated heterocycles. The monoisotopic (exact) mass is 269 g/mol. The minimum Gasteiger partial charge on any atom is -0.192 e. The second-order valence-electron chi connectivity index (χ2n) is 3.95. The van der Waals surface area contributed by atoms with Crippen LogP contribution in [0.3, 0.4) is 0 Å². The highest BCUT2D eigenvalue weighted by Gasteiger charge is 2.07. The fraction of sp³-hybridized carbons (Fsp3) is 0.0667. The predicted molar refractivity (Wildman–Crippen MR) is 81.1 cm³/mol. The largest absolute Gasteiger partial charge is 0.192 e. The van der Waals surface area contributed by atoms with Crippen molar-refractivity contribution in [2.75, 3.05) is 0 Å². The standard InChI is InChI=1S/C15H11NS2/c16-10-12-6-7-14(15(17)18)13(9-12)8-11-4-2-1-3-5-11/h1-7,9H,8H2,(H,17,18). The van der Waals surface area contributed by atoms with Crippen molar-refractivity contribution in [3.63, 3.8) is 0 Å². The van der Waals surface area contributed by atoms with Gasteiger partial charge in [-0.25, -0.2) is 0 Å². The Balaban J connectivity index is 2.42. The Labute approximate surface area is 117 Å². The normalized spacial score (nSPS) is 9.78. The zero-order valence-electron chi connectivity index (χ0n) is 9.63. The van der Waals surface area contributed by atoms with Gasteiger partial charge in [0.15, 0.2) is 0 Å². The fourth-order valence-corrected chi connectivity index (χ4v) is 2.25. The highest BCUT2D eigenvalue weighted by molar-refractivity contribution is 8.11. The van der Waals surface area contributed by atoms with Crippen LogP contribution < -0.4 is 0 Å². The summed E-state index contributed by atoms with van der Waals surface area (Å²) >= 11 is 9.36. The van der Waals surface area contributed by atoms with Crippen molar-refractivity contribution in [1.29, 1.82) is 5.26 Å². The Morgan fingerprint density at radius 3 is 2.50 bits per heavy atom. The lowest BCUT2D eigenvalue weighted by atomic mass is 9.98. The summed E-state index contributed by atoms with van der Waals surface area (Å²) < 4.78 is 0.561. The van der Waals surface area contributed by atoms with Gasteiger partial charge < -0.3 is 0 Å². The predicted octanol–water partition coefficient (Wildman–Crippen LogP) is 3.75. The SMILES string of the molecule is N#Cc1ccc(C(=S)S)c(Cc2ccccc2)c1. The third kappa shape index (κ3) is 2.98. The molecule has 0 atom stereocenters. The van der Waals surface area contributed by atoms with E-state index in [9.17, 15) is 0 Å². The van der Waals surface area contributed by atoms with Crippen LogP contribution in [-0.4, -0.2) is 4.20 Å². The number of nitriles is 1. The number of benzene rings is 2. The van der Waals surface area contributed by atoms with E-state index in [0.29, 0.717) is 9.76 Å². The van der Waals surface area contributed by atoms with E-state index in [1.807, 2.05) is 30.3 Å². The van der Waals surface area contributed by atoms with Crippen LogP contribution in [0.25, 0.3) is 0 Å². The van der Waals surface area contributed by atoms with E-state index >= 15 is 0 Å². The highest BCUT2D eigenvalue weighted by Crippen LogP contribution is 2.18. The average Bonchev–Trinajstić information content (AvgIpc) is 2.39. The van der Waals surface area contributed by atoms with Crippen molar-refractivity contribution >= 4 is 29.0 Å². The summed E-state index contributed by atoms with van der Waals surface area (Å²) in [5, 5.41) is 8.96. The zero-order valence-corrected chi connectivity index (χ0v) is 11.3. The van der Waals surface area contributed by atoms with Crippen LogP contribution in [0.15, 0.2) is 48.5 Å². The summed E-state index contributed by atoms with van der Waals surface area (Å²) in [5.41, 5.74) is 3.81. The topological polar surface area (TPSA) is 23.8 Å². The van der Waals surface area contributed by atoms with Gasteiger partial charge in [-0.3, -0.25) is 0 Å². The van der Waals surface area contributed by atoms with E-state index in [1.54, 1.807) is 6.07 Å². The molecule has 0 fully saturated rings. The van der Waals surface area contributed by atoms with Gasteiger partial charge >= 0.3 is 0 Å². The van der Waals surface area contributed by atoms with E-state index in [2.05, 4.69) is 30.8 Å². The molecule has 0 heterocycles. The third-order valence-corrected chi connectivity index (χ3v) is 3.16. The molecule has 0 aliphatic carbocycles. The second-order valence-corrected chi connectivity index (χ2v) is 5.11. The molecule has 2 aromatic rings. The van der Waals surface area contributed by atoms with E-state index in [0.717, 1.165) is 17.5 Å². The molecule has 2 rings (SSSR count). The van der Waals surface area contributed by atoms with Crippen molar-refractivity contribution in [1.82, 2.24) is 0 Å². The lowest BCUT2D eigenvalue weighted by Gasteiger charge is -2.08. The number of thiol groups is 1. The molecule has 88 valence electrons. The fourth-order valence-electron chi connectivity index (χ4n) is 1.83. The molecule has 18 heavy (non-hydrogen) atoms.